The second-order valence-electron chi connectivity index (χ2n) is 5.15. The summed E-state index contributed by atoms with van der Waals surface area (Å²) in [6.45, 7) is 5.54. The van der Waals surface area contributed by atoms with Crippen LogP contribution < -0.4 is 4.74 Å². The molecule has 1 fully saturated rings. The van der Waals surface area contributed by atoms with Crippen molar-refractivity contribution in [3.05, 3.63) is 29.8 Å². The number of carbonyl (C=O) groups is 1. The molecule has 0 N–H and O–H groups in total. The zero-order valence-corrected chi connectivity index (χ0v) is 12.3. The number of esters is 1. The lowest BCUT2D eigenvalue weighted by Gasteiger charge is -2.31. The van der Waals surface area contributed by atoms with Crippen LogP contribution in [0.25, 0.3) is 0 Å². The first-order chi connectivity index (χ1) is 9.71. The lowest BCUT2D eigenvalue weighted by molar-refractivity contribution is -0.139. The van der Waals surface area contributed by atoms with E-state index in [-0.39, 0.29) is 5.97 Å². The Kier molecular flexibility index (Phi) is 5.41. The first-order valence-corrected chi connectivity index (χ1v) is 7.26. The summed E-state index contributed by atoms with van der Waals surface area (Å²) in [6, 6.07) is 7.72. The van der Waals surface area contributed by atoms with Crippen LogP contribution in [0.4, 0.5) is 0 Å². The van der Waals surface area contributed by atoms with Crippen molar-refractivity contribution in [2.75, 3.05) is 26.7 Å². The minimum Gasteiger partial charge on any atom is -0.490 e. The van der Waals surface area contributed by atoms with Gasteiger partial charge in [0.25, 0.3) is 0 Å². The molecule has 0 spiro atoms. The summed E-state index contributed by atoms with van der Waals surface area (Å²) in [5.41, 5.74) is 0.949. The Bertz CT molecular complexity index is 422. The number of ether oxygens (including phenoxy) is 2. The van der Waals surface area contributed by atoms with Crippen LogP contribution in [0.2, 0.25) is 0 Å². The van der Waals surface area contributed by atoms with Gasteiger partial charge in [-0.2, -0.15) is 0 Å². The van der Waals surface area contributed by atoms with Gasteiger partial charge in [-0.25, -0.2) is 0 Å². The summed E-state index contributed by atoms with van der Waals surface area (Å²) >= 11 is 0. The Morgan fingerprint density at radius 2 is 1.90 bits per heavy atom. The molecule has 1 aromatic rings. The number of carbonyl (C=O) groups excluding carboxylic acids is 1. The number of likely N-dealkylation sites (tertiary alicyclic amines) is 1. The van der Waals surface area contributed by atoms with E-state index in [4.69, 9.17) is 4.74 Å². The molecule has 1 aliphatic heterocycles. The Labute approximate surface area is 120 Å². The highest BCUT2D eigenvalue weighted by molar-refractivity contribution is 5.72. The van der Waals surface area contributed by atoms with Crippen molar-refractivity contribution < 1.29 is 14.3 Å². The van der Waals surface area contributed by atoms with Crippen LogP contribution >= 0.6 is 0 Å². The van der Waals surface area contributed by atoms with E-state index in [1.165, 1.54) is 7.11 Å². The van der Waals surface area contributed by atoms with E-state index >= 15 is 0 Å². The summed E-state index contributed by atoms with van der Waals surface area (Å²) in [6.07, 6.45) is 2.78. The van der Waals surface area contributed by atoms with Crippen LogP contribution in [0.3, 0.4) is 0 Å². The fourth-order valence-electron chi connectivity index (χ4n) is 2.46. The molecule has 0 atom stereocenters. The topological polar surface area (TPSA) is 38.8 Å². The summed E-state index contributed by atoms with van der Waals surface area (Å²) in [7, 11) is 1.41. The highest BCUT2D eigenvalue weighted by Gasteiger charge is 2.19. The first kappa shape index (κ1) is 14.9. The van der Waals surface area contributed by atoms with Gasteiger partial charge in [-0.15, -0.1) is 0 Å². The molecule has 1 aliphatic rings. The fourth-order valence-corrected chi connectivity index (χ4v) is 2.46. The van der Waals surface area contributed by atoms with Crippen LogP contribution in [0.5, 0.6) is 5.75 Å². The van der Waals surface area contributed by atoms with E-state index in [0.29, 0.717) is 12.5 Å². The molecular formula is C16H23NO3. The van der Waals surface area contributed by atoms with E-state index in [0.717, 1.165) is 43.8 Å². The maximum atomic E-state index is 11.2. The molecule has 0 aliphatic carbocycles. The molecule has 2 rings (SSSR count). The number of rotatable bonds is 5. The van der Waals surface area contributed by atoms with E-state index in [1.807, 2.05) is 24.3 Å². The summed E-state index contributed by atoms with van der Waals surface area (Å²) in [5.74, 6) is 0.666. The normalized spacial score (nSPS) is 16.9. The SMILES string of the molecule is CCN1CCC(Oc2ccc(CC(=O)OC)cc2)CC1. The molecule has 0 saturated carbocycles. The van der Waals surface area contributed by atoms with Gasteiger partial charge in [0, 0.05) is 13.1 Å². The third kappa shape index (κ3) is 4.23. The molecule has 20 heavy (non-hydrogen) atoms. The lowest BCUT2D eigenvalue weighted by Crippen LogP contribution is -2.37. The first-order valence-electron chi connectivity index (χ1n) is 7.26. The maximum absolute atomic E-state index is 11.2. The Balaban J connectivity index is 1.83. The minimum atomic E-state index is -0.217. The van der Waals surface area contributed by atoms with Crippen LogP contribution in [-0.4, -0.2) is 43.7 Å². The third-order valence-corrected chi connectivity index (χ3v) is 3.78. The molecule has 0 bridgehead atoms. The van der Waals surface area contributed by atoms with Gasteiger partial charge >= 0.3 is 5.97 Å². The molecular weight excluding hydrogens is 254 g/mol. The number of methoxy groups -OCH3 is 1. The molecule has 4 nitrogen and oxygen atoms in total. The molecule has 4 heteroatoms. The molecule has 0 amide bonds. The lowest BCUT2D eigenvalue weighted by atomic mass is 10.1. The Hall–Kier alpha value is -1.55. The largest absolute Gasteiger partial charge is 0.490 e. The Morgan fingerprint density at radius 1 is 1.25 bits per heavy atom. The maximum Gasteiger partial charge on any atom is 0.309 e. The average Bonchev–Trinajstić information content (AvgIpc) is 2.50. The minimum absolute atomic E-state index is 0.217. The number of nitrogens with zero attached hydrogens (tertiary/aromatic N) is 1. The van der Waals surface area contributed by atoms with Crippen molar-refractivity contribution in [1.82, 2.24) is 4.90 Å². The van der Waals surface area contributed by atoms with Gasteiger partial charge in [0.2, 0.25) is 0 Å². The molecule has 0 unspecified atom stereocenters. The molecule has 1 aromatic carbocycles. The highest BCUT2D eigenvalue weighted by Crippen LogP contribution is 2.19. The number of benzene rings is 1. The number of hydrogen-bond donors (Lipinski definition) is 0. The predicted octanol–water partition coefficient (Wildman–Crippen LogP) is 2.27. The molecule has 110 valence electrons. The van der Waals surface area contributed by atoms with Crippen LogP contribution in [0.15, 0.2) is 24.3 Å². The zero-order chi connectivity index (χ0) is 14.4. The predicted molar refractivity (Wildman–Crippen MR) is 77.9 cm³/mol. The average molecular weight is 277 g/mol. The second-order valence-corrected chi connectivity index (χ2v) is 5.15. The van der Waals surface area contributed by atoms with Gasteiger partial charge < -0.3 is 14.4 Å². The van der Waals surface area contributed by atoms with Gasteiger partial charge in [0.05, 0.1) is 13.5 Å². The van der Waals surface area contributed by atoms with Gasteiger partial charge in [-0.3, -0.25) is 4.79 Å². The van der Waals surface area contributed by atoms with Crippen molar-refractivity contribution in [2.24, 2.45) is 0 Å². The third-order valence-electron chi connectivity index (χ3n) is 3.78. The summed E-state index contributed by atoms with van der Waals surface area (Å²) < 4.78 is 10.6. The van der Waals surface area contributed by atoms with Crippen molar-refractivity contribution in [1.29, 1.82) is 0 Å². The summed E-state index contributed by atoms with van der Waals surface area (Å²) in [5, 5.41) is 0. The van der Waals surface area contributed by atoms with E-state index < -0.39 is 0 Å². The van der Waals surface area contributed by atoms with Gasteiger partial charge in [0.1, 0.15) is 11.9 Å². The number of piperidine rings is 1. The van der Waals surface area contributed by atoms with Crippen LogP contribution in [-0.2, 0) is 16.0 Å². The standard InChI is InChI=1S/C16H23NO3/c1-3-17-10-8-15(9-11-17)20-14-6-4-13(5-7-14)12-16(18)19-2/h4-7,15H,3,8-12H2,1-2H3. The van der Waals surface area contributed by atoms with Crippen LogP contribution in [0.1, 0.15) is 25.3 Å². The molecule has 0 radical (unpaired) electrons. The van der Waals surface area contributed by atoms with Crippen molar-refractivity contribution in [3.8, 4) is 5.75 Å². The van der Waals surface area contributed by atoms with E-state index in [1.54, 1.807) is 0 Å². The van der Waals surface area contributed by atoms with Gasteiger partial charge in [-0.1, -0.05) is 19.1 Å². The van der Waals surface area contributed by atoms with Gasteiger partial charge in [-0.05, 0) is 37.1 Å². The summed E-state index contributed by atoms with van der Waals surface area (Å²) in [4.78, 5) is 13.6. The highest BCUT2D eigenvalue weighted by atomic mass is 16.5. The van der Waals surface area contributed by atoms with Crippen LogP contribution in [0, 0.1) is 0 Å². The molecule has 0 aromatic heterocycles. The monoisotopic (exact) mass is 277 g/mol. The fraction of sp³-hybridized carbons (Fsp3) is 0.562. The van der Waals surface area contributed by atoms with E-state index in [9.17, 15) is 4.79 Å². The smallest absolute Gasteiger partial charge is 0.309 e. The van der Waals surface area contributed by atoms with Crippen molar-refractivity contribution in [3.63, 3.8) is 0 Å². The quantitative estimate of drug-likeness (QED) is 0.774. The number of hydrogen-bond acceptors (Lipinski definition) is 4. The van der Waals surface area contributed by atoms with Gasteiger partial charge in [0.15, 0.2) is 0 Å². The van der Waals surface area contributed by atoms with E-state index in [2.05, 4.69) is 16.6 Å². The second kappa shape index (κ2) is 7.29. The Morgan fingerprint density at radius 3 is 2.45 bits per heavy atom. The molecule has 1 saturated heterocycles. The molecule has 1 heterocycles. The van der Waals surface area contributed by atoms with Crippen molar-refractivity contribution in [2.45, 2.75) is 32.3 Å². The zero-order valence-electron chi connectivity index (χ0n) is 12.3. The van der Waals surface area contributed by atoms with Crippen molar-refractivity contribution >= 4 is 5.97 Å².